The predicted octanol–water partition coefficient (Wildman–Crippen LogP) is 5.07. The number of hydrogen-bond acceptors (Lipinski definition) is 4. The van der Waals surface area contributed by atoms with Crippen LogP contribution in [0.15, 0.2) is 64.5 Å². The van der Waals surface area contributed by atoms with Crippen molar-refractivity contribution in [2.75, 3.05) is 13.2 Å². The largest absolute Gasteiger partial charge is 0.376 e. The summed E-state index contributed by atoms with van der Waals surface area (Å²) in [6.45, 7) is 1.33. The van der Waals surface area contributed by atoms with Crippen LogP contribution in [0.5, 0.6) is 0 Å². The summed E-state index contributed by atoms with van der Waals surface area (Å²) in [5, 5.41) is 0.721. The normalized spacial score (nSPS) is 22.9. The first-order valence-electron chi connectivity index (χ1n) is 8.92. The Morgan fingerprint density at radius 2 is 1.96 bits per heavy atom. The first kappa shape index (κ1) is 18.7. The maximum Gasteiger partial charge on any atom is 0.266 e. The second-order valence-electron chi connectivity index (χ2n) is 6.41. The molecule has 2 heterocycles. The molecule has 2 aromatic carbocycles. The Labute approximate surface area is 176 Å². The number of para-hydroxylation sites is 1. The Morgan fingerprint density at radius 3 is 2.70 bits per heavy atom. The Hall–Kier alpha value is -1.64. The van der Waals surface area contributed by atoms with Crippen molar-refractivity contribution in [3.8, 4) is 0 Å². The van der Waals surface area contributed by atoms with Crippen molar-refractivity contribution in [2.45, 2.75) is 18.9 Å². The van der Waals surface area contributed by atoms with Gasteiger partial charge in [0.25, 0.3) is 5.91 Å². The van der Waals surface area contributed by atoms with Gasteiger partial charge in [-0.15, -0.1) is 0 Å². The van der Waals surface area contributed by atoms with Crippen LogP contribution in [0, 0.1) is 3.57 Å². The van der Waals surface area contributed by atoms with Gasteiger partial charge in [-0.05, 0) is 77.0 Å². The average molecular weight is 490 g/mol. The molecule has 0 aromatic heterocycles. The second kappa shape index (κ2) is 8.58. The fraction of sp³-hybridized carbons (Fsp3) is 0.238. The first-order chi connectivity index (χ1) is 13.2. The zero-order chi connectivity index (χ0) is 18.6. The van der Waals surface area contributed by atoms with Crippen molar-refractivity contribution in [3.63, 3.8) is 0 Å². The Bertz CT molecular complexity index is 892. The number of rotatable bonds is 4. The van der Waals surface area contributed by atoms with E-state index in [-0.39, 0.29) is 12.0 Å². The van der Waals surface area contributed by atoms with Gasteiger partial charge in [-0.1, -0.05) is 36.4 Å². The highest BCUT2D eigenvalue weighted by Crippen LogP contribution is 2.35. The van der Waals surface area contributed by atoms with Crippen molar-refractivity contribution in [3.05, 3.63) is 68.6 Å². The van der Waals surface area contributed by atoms with Gasteiger partial charge in [-0.3, -0.25) is 9.69 Å². The van der Waals surface area contributed by atoms with Crippen molar-refractivity contribution >= 4 is 57.2 Å². The molecule has 2 fully saturated rings. The third-order valence-electron chi connectivity index (χ3n) is 4.47. The molecular weight excluding hydrogens is 471 g/mol. The summed E-state index contributed by atoms with van der Waals surface area (Å²) >= 11 is 3.73. The molecule has 0 radical (unpaired) electrons. The van der Waals surface area contributed by atoms with Crippen LogP contribution in [0.2, 0.25) is 0 Å². The summed E-state index contributed by atoms with van der Waals surface area (Å²) in [6, 6.07) is 17.8. The SMILES string of the molecule is O=C1/C(=C/c2ccccc2I)SC(=Nc2ccccc2)N1C[C@@H]1CCCO1. The topological polar surface area (TPSA) is 41.9 Å². The van der Waals surface area contributed by atoms with E-state index in [2.05, 4.69) is 22.6 Å². The lowest BCUT2D eigenvalue weighted by Crippen LogP contribution is -2.36. The van der Waals surface area contributed by atoms with Crippen LogP contribution in [0.4, 0.5) is 5.69 Å². The lowest BCUT2D eigenvalue weighted by molar-refractivity contribution is -0.123. The van der Waals surface area contributed by atoms with Gasteiger partial charge in [0.05, 0.1) is 23.2 Å². The monoisotopic (exact) mass is 490 g/mol. The molecule has 6 heteroatoms. The number of thioether (sulfide) groups is 1. The van der Waals surface area contributed by atoms with Crippen LogP contribution in [0.3, 0.4) is 0 Å². The van der Waals surface area contributed by atoms with Crippen LogP contribution < -0.4 is 0 Å². The average Bonchev–Trinajstić information content (AvgIpc) is 3.29. The van der Waals surface area contributed by atoms with Gasteiger partial charge in [-0.2, -0.15) is 0 Å². The summed E-state index contributed by atoms with van der Waals surface area (Å²) in [6.07, 6.45) is 4.09. The number of carbonyl (C=O) groups is 1. The molecule has 2 aromatic rings. The molecule has 1 amide bonds. The molecule has 4 rings (SSSR count). The lowest BCUT2D eigenvalue weighted by Gasteiger charge is -2.19. The molecule has 2 aliphatic rings. The highest BCUT2D eigenvalue weighted by atomic mass is 127. The third kappa shape index (κ3) is 4.44. The summed E-state index contributed by atoms with van der Waals surface area (Å²) in [4.78, 5) is 20.3. The summed E-state index contributed by atoms with van der Waals surface area (Å²) < 4.78 is 6.88. The van der Waals surface area contributed by atoms with Crippen molar-refractivity contribution in [1.29, 1.82) is 0 Å². The minimum absolute atomic E-state index is 0.00448. The highest BCUT2D eigenvalue weighted by Gasteiger charge is 2.35. The molecule has 4 nitrogen and oxygen atoms in total. The molecule has 27 heavy (non-hydrogen) atoms. The molecule has 0 aliphatic carbocycles. The minimum Gasteiger partial charge on any atom is -0.376 e. The number of hydrogen-bond donors (Lipinski definition) is 0. The van der Waals surface area contributed by atoms with E-state index in [4.69, 9.17) is 9.73 Å². The molecule has 0 saturated carbocycles. The number of carbonyl (C=O) groups excluding carboxylic acids is 1. The van der Waals surface area contributed by atoms with Crippen LogP contribution in [0.1, 0.15) is 18.4 Å². The second-order valence-corrected chi connectivity index (χ2v) is 8.58. The fourth-order valence-corrected chi connectivity index (χ4v) is 4.63. The van der Waals surface area contributed by atoms with E-state index in [9.17, 15) is 4.79 Å². The van der Waals surface area contributed by atoms with E-state index in [1.54, 1.807) is 4.90 Å². The van der Waals surface area contributed by atoms with Crippen LogP contribution in [-0.4, -0.2) is 35.2 Å². The molecule has 2 saturated heterocycles. The minimum atomic E-state index is 0.00448. The third-order valence-corrected chi connectivity index (χ3v) is 6.46. The zero-order valence-corrected chi connectivity index (χ0v) is 17.7. The molecule has 0 N–H and O–H groups in total. The Morgan fingerprint density at radius 1 is 1.19 bits per heavy atom. The smallest absolute Gasteiger partial charge is 0.266 e. The number of amidine groups is 1. The van der Waals surface area contributed by atoms with Crippen molar-refractivity contribution in [1.82, 2.24) is 4.90 Å². The van der Waals surface area contributed by atoms with Crippen molar-refractivity contribution < 1.29 is 9.53 Å². The van der Waals surface area contributed by atoms with Crippen LogP contribution >= 0.6 is 34.4 Å². The summed E-state index contributed by atoms with van der Waals surface area (Å²) in [5.74, 6) is 0.00448. The highest BCUT2D eigenvalue weighted by molar-refractivity contribution is 14.1. The lowest BCUT2D eigenvalue weighted by atomic mass is 10.2. The maximum atomic E-state index is 13.1. The quantitative estimate of drug-likeness (QED) is 0.444. The van der Waals surface area contributed by atoms with Gasteiger partial charge in [0, 0.05) is 10.2 Å². The fourth-order valence-electron chi connectivity index (χ4n) is 3.09. The Kier molecular flexibility index (Phi) is 5.95. The number of aliphatic imine (C=N–C) groups is 1. The molecule has 138 valence electrons. The molecule has 1 atom stereocenters. The van der Waals surface area contributed by atoms with E-state index in [0.29, 0.717) is 11.4 Å². The van der Waals surface area contributed by atoms with E-state index >= 15 is 0 Å². The molecule has 0 unspecified atom stereocenters. The number of benzene rings is 2. The molecule has 0 spiro atoms. The number of halogens is 1. The number of nitrogens with zero attached hydrogens (tertiary/aromatic N) is 2. The number of ether oxygens (including phenoxy) is 1. The maximum absolute atomic E-state index is 13.1. The molecule has 2 aliphatic heterocycles. The first-order valence-corrected chi connectivity index (χ1v) is 10.8. The van der Waals surface area contributed by atoms with Gasteiger partial charge in [0.15, 0.2) is 5.17 Å². The van der Waals surface area contributed by atoms with Crippen LogP contribution in [0.25, 0.3) is 6.08 Å². The van der Waals surface area contributed by atoms with Crippen molar-refractivity contribution in [2.24, 2.45) is 4.99 Å². The van der Waals surface area contributed by atoms with E-state index in [0.717, 1.165) is 39.4 Å². The number of amides is 1. The zero-order valence-electron chi connectivity index (χ0n) is 14.7. The summed E-state index contributed by atoms with van der Waals surface area (Å²) in [5.41, 5.74) is 1.90. The van der Waals surface area contributed by atoms with Gasteiger partial charge in [0.2, 0.25) is 0 Å². The van der Waals surface area contributed by atoms with Gasteiger partial charge in [-0.25, -0.2) is 4.99 Å². The standard InChI is InChI=1S/C21H19IN2O2S/c22-18-11-5-4-7-15(18)13-19-20(25)24(14-17-10-6-12-26-17)21(27-19)23-16-8-2-1-3-9-16/h1-5,7-9,11,13,17H,6,10,12,14H2/b19-13-,23-21?/t17-/m0/s1. The van der Waals surface area contributed by atoms with E-state index < -0.39 is 0 Å². The van der Waals surface area contributed by atoms with Crippen LogP contribution in [-0.2, 0) is 9.53 Å². The predicted molar refractivity (Wildman–Crippen MR) is 119 cm³/mol. The summed E-state index contributed by atoms with van der Waals surface area (Å²) in [7, 11) is 0. The van der Waals surface area contributed by atoms with Gasteiger partial charge < -0.3 is 4.74 Å². The molecular formula is C21H19IN2O2S. The van der Waals surface area contributed by atoms with E-state index in [1.807, 2.05) is 60.7 Å². The van der Waals surface area contributed by atoms with Gasteiger partial charge >= 0.3 is 0 Å². The van der Waals surface area contributed by atoms with E-state index in [1.165, 1.54) is 11.8 Å². The Balaban J connectivity index is 1.66. The van der Waals surface area contributed by atoms with Gasteiger partial charge in [0.1, 0.15) is 0 Å². The molecule has 0 bridgehead atoms.